The summed E-state index contributed by atoms with van der Waals surface area (Å²) in [6.45, 7) is 0. The average Bonchev–Trinajstić information content (AvgIpc) is 3.37. The van der Waals surface area contributed by atoms with Crippen LogP contribution in [0.2, 0.25) is 0 Å². The van der Waals surface area contributed by atoms with E-state index < -0.39 is 0 Å². The molecule has 0 fully saturated rings. The topological polar surface area (TPSA) is 0 Å². The molecule has 14 aromatic carbocycles. The van der Waals surface area contributed by atoms with Crippen molar-refractivity contribution in [1.82, 2.24) is 0 Å². The van der Waals surface area contributed by atoms with E-state index in [4.69, 9.17) is 0 Å². The number of hydrogen-bond acceptors (Lipinski definition) is 0. The van der Waals surface area contributed by atoms with Crippen LogP contribution in [0.25, 0.3) is 142 Å². The quantitative estimate of drug-likeness (QED) is 0.152. The van der Waals surface area contributed by atoms with Gasteiger partial charge >= 0.3 is 0 Å². The summed E-state index contributed by atoms with van der Waals surface area (Å²) in [6.07, 6.45) is 0. The van der Waals surface area contributed by atoms with Gasteiger partial charge in [0.25, 0.3) is 0 Å². The Balaban J connectivity index is 1.12. The first-order valence-corrected chi connectivity index (χ1v) is 22.3. The van der Waals surface area contributed by atoms with Gasteiger partial charge in [-0.1, -0.05) is 218 Å². The Hall–Kier alpha value is -8.32. The molecule has 14 rings (SSSR count). The second-order valence-corrected chi connectivity index (χ2v) is 17.5. The number of fused-ring (bicyclic) bond motifs is 2. The minimum absolute atomic E-state index is 1.20. The van der Waals surface area contributed by atoms with Crippen LogP contribution in [0.1, 0.15) is 0 Å². The molecule has 0 amide bonds. The lowest BCUT2D eigenvalue weighted by Gasteiger charge is -2.23. The van der Waals surface area contributed by atoms with E-state index in [1.807, 2.05) is 0 Å². The molecule has 0 nitrogen and oxygen atoms in total. The molecule has 0 bridgehead atoms. The van der Waals surface area contributed by atoms with E-state index in [1.165, 1.54) is 142 Å². The fourth-order valence-electron chi connectivity index (χ4n) is 11.4. The van der Waals surface area contributed by atoms with Crippen LogP contribution in [-0.4, -0.2) is 0 Å². The highest BCUT2D eigenvalue weighted by Gasteiger charge is 2.24. The van der Waals surface area contributed by atoms with Crippen molar-refractivity contribution in [3.63, 3.8) is 0 Å². The third kappa shape index (κ3) is 5.05. The second kappa shape index (κ2) is 13.6. The van der Waals surface area contributed by atoms with E-state index in [1.54, 1.807) is 0 Å². The molecule has 0 saturated heterocycles. The third-order valence-corrected chi connectivity index (χ3v) is 14.1. The zero-order chi connectivity index (χ0) is 41.9. The van der Waals surface area contributed by atoms with Crippen molar-refractivity contribution in [3.05, 3.63) is 231 Å². The standard InChI is InChI=1S/C64H38/c1-3-13-39(14-4-1)55-37-56(48-22-8-10-24-51(48)64(55)54-36-32-46-28-26-42-18-12-20-44-31-35-53(54)63(46)60(42)44)57-38-58(61(40-15-5-2-6-16-40)50-23-9-7-21-47(50)57)49-33-29-45-27-25-41-17-11-19-43-30-34-52(49)62(45)59(41)43/h1-38H. The maximum Gasteiger partial charge on any atom is -0.00201 e. The molecule has 0 aliphatic carbocycles. The molecule has 0 aliphatic rings. The lowest BCUT2D eigenvalue weighted by molar-refractivity contribution is 1.60. The molecular weight excluding hydrogens is 769 g/mol. The molecule has 0 atom stereocenters. The predicted molar refractivity (Wildman–Crippen MR) is 276 cm³/mol. The SMILES string of the molecule is c1ccc(-c2cc(-c3cc(-c4ccc5ccc6cccc7ccc4c5c67)c(-c4ccccc4)c4ccccc34)c3ccccc3c2-c2ccc3ccc4cccc5ccc2c3c45)cc1. The number of benzene rings is 14. The highest BCUT2D eigenvalue weighted by Crippen LogP contribution is 2.51. The molecule has 0 unspecified atom stereocenters. The van der Waals surface area contributed by atoms with Crippen LogP contribution in [0.5, 0.6) is 0 Å². The summed E-state index contributed by atoms with van der Waals surface area (Å²) >= 11 is 0. The van der Waals surface area contributed by atoms with Gasteiger partial charge < -0.3 is 0 Å². The lowest BCUT2D eigenvalue weighted by atomic mass is 9.80. The van der Waals surface area contributed by atoms with Crippen LogP contribution in [0, 0.1) is 0 Å². The molecular formula is C64H38. The Labute approximate surface area is 370 Å². The summed E-state index contributed by atoms with van der Waals surface area (Å²) in [4.78, 5) is 0. The molecule has 0 heteroatoms. The molecule has 64 heavy (non-hydrogen) atoms. The predicted octanol–water partition coefficient (Wildman–Crippen LogP) is 18.1. The van der Waals surface area contributed by atoms with Crippen molar-refractivity contribution < 1.29 is 0 Å². The molecule has 294 valence electrons. The Morgan fingerprint density at radius 1 is 0.172 bits per heavy atom. The van der Waals surface area contributed by atoms with Crippen LogP contribution in [0.3, 0.4) is 0 Å². The zero-order valence-electron chi connectivity index (χ0n) is 34.9. The lowest BCUT2D eigenvalue weighted by Crippen LogP contribution is -1.96. The zero-order valence-corrected chi connectivity index (χ0v) is 34.9. The van der Waals surface area contributed by atoms with Crippen LogP contribution in [-0.2, 0) is 0 Å². The fourth-order valence-corrected chi connectivity index (χ4v) is 11.4. The van der Waals surface area contributed by atoms with Gasteiger partial charge in [0.1, 0.15) is 0 Å². The minimum atomic E-state index is 1.20. The summed E-state index contributed by atoms with van der Waals surface area (Å²) in [6, 6.07) is 86.5. The van der Waals surface area contributed by atoms with Gasteiger partial charge in [-0.3, -0.25) is 0 Å². The van der Waals surface area contributed by atoms with Crippen molar-refractivity contribution in [2.45, 2.75) is 0 Å². The van der Waals surface area contributed by atoms with Gasteiger partial charge in [0, 0.05) is 0 Å². The second-order valence-electron chi connectivity index (χ2n) is 17.5. The van der Waals surface area contributed by atoms with E-state index in [-0.39, 0.29) is 0 Å². The molecule has 14 aromatic rings. The molecule has 0 saturated carbocycles. The third-order valence-electron chi connectivity index (χ3n) is 14.1. The van der Waals surface area contributed by atoms with Crippen molar-refractivity contribution in [3.8, 4) is 55.6 Å². The number of rotatable bonds is 5. The van der Waals surface area contributed by atoms with Crippen molar-refractivity contribution in [1.29, 1.82) is 0 Å². The highest BCUT2D eigenvalue weighted by molar-refractivity contribution is 6.29. The summed E-state index contributed by atoms with van der Waals surface area (Å²) in [5, 5.41) is 20.5. The summed E-state index contributed by atoms with van der Waals surface area (Å²) < 4.78 is 0. The van der Waals surface area contributed by atoms with E-state index in [9.17, 15) is 0 Å². The van der Waals surface area contributed by atoms with Gasteiger partial charge in [-0.15, -0.1) is 0 Å². The summed E-state index contributed by atoms with van der Waals surface area (Å²) in [5.74, 6) is 0. The number of hydrogen-bond donors (Lipinski definition) is 0. The summed E-state index contributed by atoms with van der Waals surface area (Å²) in [5.41, 5.74) is 12.4. The molecule has 0 radical (unpaired) electrons. The van der Waals surface area contributed by atoms with Crippen LogP contribution in [0.15, 0.2) is 231 Å². The van der Waals surface area contributed by atoms with Crippen LogP contribution >= 0.6 is 0 Å². The maximum atomic E-state index is 2.52. The molecule has 0 aliphatic heterocycles. The monoisotopic (exact) mass is 806 g/mol. The van der Waals surface area contributed by atoms with E-state index in [2.05, 4.69) is 231 Å². The van der Waals surface area contributed by atoms with Crippen LogP contribution in [0.4, 0.5) is 0 Å². The van der Waals surface area contributed by atoms with Crippen LogP contribution < -0.4 is 0 Å². The van der Waals surface area contributed by atoms with Crippen molar-refractivity contribution in [2.75, 3.05) is 0 Å². The van der Waals surface area contributed by atoms with Gasteiger partial charge in [0.15, 0.2) is 0 Å². The fraction of sp³-hybridized carbons (Fsp3) is 0. The minimum Gasteiger partial charge on any atom is -0.0622 e. The smallest absolute Gasteiger partial charge is 0.00201 e. The Morgan fingerprint density at radius 3 is 1.11 bits per heavy atom. The Bertz CT molecular complexity index is 4130. The van der Waals surface area contributed by atoms with Gasteiger partial charge in [-0.25, -0.2) is 0 Å². The molecule has 0 aromatic heterocycles. The van der Waals surface area contributed by atoms with E-state index in [0.717, 1.165) is 0 Å². The average molecular weight is 807 g/mol. The van der Waals surface area contributed by atoms with Gasteiger partial charge in [-0.05, 0) is 154 Å². The first-order valence-electron chi connectivity index (χ1n) is 22.3. The van der Waals surface area contributed by atoms with Crippen molar-refractivity contribution in [2.24, 2.45) is 0 Å². The molecule has 0 N–H and O–H groups in total. The van der Waals surface area contributed by atoms with Gasteiger partial charge in [-0.2, -0.15) is 0 Å². The largest absolute Gasteiger partial charge is 0.0622 e. The van der Waals surface area contributed by atoms with Crippen molar-refractivity contribution >= 4 is 86.2 Å². The highest BCUT2D eigenvalue weighted by atomic mass is 14.3. The van der Waals surface area contributed by atoms with Gasteiger partial charge in [0.2, 0.25) is 0 Å². The molecule has 0 spiro atoms. The first kappa shape index (κ1) is 35.3. The van der Waals surface area contributed by atoms with E-state index in [0.29, 0.717) is 0 Å². The van der Waals surface area contributed by atoms with Gasteiger partial charge in [0.05, 0.1) is 0 Å². The normalized spacial score (nSPS) is 12.1. The molecule has 0 heterocycles. The first-order chi connectivity index (χ1) is 31.8. The summed E-state index contributed by atoms with van der Waals surface area (Å²) in [7, 11) is 0. The Morgan fingerprint density at radius 2 is 0.562 bits per heavy atom. The maximum absolute atomic E-state index is 2.52. The van der Waals surface area contributed by atoms with E-state index >= 15 is 0 Å². The Kier molecular flexibility index (Phi) is 7.49.